The van der Waals surface area contributed by atoms with Gasteiger partial charge in [-0.3, -0.25) is 4.79 Å². The number of hydrogen-bond donors (Lipinski definition) is 3. The number of pyridine rings is 1. The number of aromatic nitrogens is 1. The van der Waals surface area contributed by atoms with Crippen LogP contribution in [0.5, 0.6) is 0 Å². The number of aromatic amines is 1. The van der Waals surface area contributed by atoms with Crippen molar-refractivity contribution in [2.75, 3.05) is 39.3 Å². The molecule has 0 bridgehead atoms. The number of rotatable bonds is 11. The largest absolute Gasteiger partial charge is 0.396 e. The van der Waals surface area contributed by atoms with Gasteiger partial charge in [-0.1, -0.05) is 25.5 Å². The number of nitrogens with zero attached hydrogens (tertiary/aromatic N) is 2. The Balaban J connectivity index is 2.05. The Morgan fingerprint density at radius 3 is 2.62 bits per heavy atom. The number of aliphatic hydroxyl groups excluding tert-OH is 1. The molecule has 3 N–H and O–H groups in total. The van der Waals surface area contributed by atoms with E-state index in [1.807, 2.05) is 30.0 Å². The summed E-state index contributed by atoms with van der Waals surface area (Å²) in [6.45, 7) is 11.4. The van der Waals surface area contributed by atoms with E-state index in [0.717, 1.165) is 49.1 Å². The Labute approximate surface area is 178 Å². The minimum atomic E-state index is -0.0975. The van der Waals surface area contributed by atoms with E-state index in [-0.39, 0.29) is 12.2 Å². The molecule has 0 saturated heterocycles. The molecule has 6 nitrogen and oxygen atoms in total. The molecule has 1 aromatic heterocycles. The van der Waals surface area contributed by atoms with Gasteiger partial charge < -0.3 is 25.2 Å². The first-order chi connectivity index (χ1) is 14.0. The molecule has 2 aromatic rings. The molecule has 0 aliphatic heterocycles. The number of aliphatic hydroxyl groups is 1. The third-order valence-electron chi connectivity index (χ3n) is 5.13. The molecule has 29 heavy (non-hydrogen) atoms. The third-order valence-corrected chi connectivity index (χ3v) is 5.54. The lowest BCUT2D eigenvalue weighted by molar-refractivity contribution is 0.263. The fourth-order valence-corrected chi connectivity index (χ4v) is 3.62. The zero-order valence-corrected chi connectivity index (χ0v) is 18.6. The van der Waals surface area contributed by atoms with Crippen LogP contribution in [-0.4, -0.2) is 64.3 Å². The van der Waals surface area contributed by atoms with E-state index < -0.39 is 0 Å². The topological polar surface area (TPSA) is 71.6 Å². The van der Waals surface area contributed by atoms with Crippen LogP contribution >= 0.6 is 12.2 Å². The van der Waals surface area contributed by atoms with Gasteiger partial charge in [0.25, 0.3) is 5.56 Å². The van der Waals surface area contributed by atoms with Gasteiger partial charge in [-0.25, -0.2) is 0 Å². The van der Waals surface area contributed by atoms with Crippen LogP contribution in [0.25, 0.3) is 10.9 Å². The van der Waals surface area contributed by atoms with E-state index in [2.05, 4.69) is 35.1 Å². The van der Waals surface area contributed by atoms with Crippen molar-refractivity contribution in [3.63, 3.8) is 0 Å². The van der Waals surface area contributed by atoms with Gasteiger partial charge >= 0.3 is 0 Å². The highest BCUT2D eigenvalue weighted by Gasteiger charge is 2.13. The Hall–Kier alpha value is -1.96. The average Bonchev–Trinajstić information content (AvgIpc) is 2.71. The van der Waals surface area contributed by atoms with E-state index in [4.69, 9.17) is 12.2 Å². The molecule has 0 aliphatic carbocycles. The summed E-state index contributed by atoms with van der Waals surface area (Å²) in [6.07, 6.45) is 1.61. The van der Waals surface area contributed by atoms with Gasteiger partial charge in [0.1, 0.15) is 0 Å². The van der Waals surface area contributed by atoms with Crippen molar-refractivity contribution in [1.82, 2.24) is 20.1 Å². The van der Waals surface area contributed by atoms with Crippen LogP contribution in [0.3, 0.4) is 0 Å². The first-order valence-corrected chi connectivity index (χ1v) is 10.9. The first kappa shape index (κ1) is 23.3. The van der Waals surface area contributed by atoms with E-state index in [9.17, 15) is 9.90 Å². The molecule has 7 heteroatoms. The van der Waals surface area contributed by atoms with Crippen molar-refractivity contribution in [3.05, 3.63) is 45.7 Å². The molecule has 0 spiro atoms. The van der Waals surface area contributed by atoms with Gasteiger partial charge in [0.05, 0.1) is 6.54 Å². The monoisotopic (exact) mass is 418 g/mol. The summed E-state index contributed by atoms with van der Waals surface area (Å²) in [5, 5.41) is 14.2. The third kappa shape index (κ3) is 7.10. The maximum absolute atomic E-state index is 12.6. The fraction of sp³-hybridized carbons (Fsp3) is 0.545. The quantitative estimate of drug-likeness (QED) is 0.385. The number of benzene rings is 1. The Morgan fingerprint density at radius 2 is 1.93 bits per heavy atom. The first-order valence-electron chi connectivity index (χ1n) is 10.5. The lowest BCUT2D eigenvalue weighted by Gasteiger charge is -2.26. The predicted octanol–water partition coefficient (Wildman–Crippen LogP) is 2.63. The Bertz CT molecular complexity index is 848. The lowest BCUT2D eigenvalue weighted by Crippen LogP contribution is -2.42. The number of fused-ring (bicyclic) bond motifs is 1. The van der Waals surface area contributed by atoms with Gasteiger partial charge in [0.2, 0.25) is 0 Å². The predicted molar refractivity (Wildman–Crippen MR) is 124 cm³/mol. The van der Waals surface area contributed by atoms with Crippen LogP contribution in [0, 0.1) is 6.92 Å². The number of hydrogen-bond acceptors (Lipinski definition) is 4. The summed E-state index contributed by atoms with van der Waals surface area (Å²) in [5.74, 6) is 0. The highest BCUT2D eigenvalue weighted by atomic mass is 32.1. The van der Waals surface area contributed by atoms with Gasteiger partial charge in [0, 0.05) is 30.8 Å². The smallest absolute Gasteiger partial charge is 0.253 e. The van der Waals surface area contributed by atoms with E-state index in [1.54, 1.807) is 0 Å². The van der Waals surface area contributed by atoms with E-state index in [1.165, 1.54) is 0 Å². The second kappa shape index (κ2) is 11.9. The number of nitrogens with one attached hydrogen (secondary N) is 2. The van der Waals surface area contributed by atoms with Gasteiger partial charge in [-0.2, -0.15) is 0 Å². The minimum absolute atomic E-state index is 0.0916. The molecule has 160 valence electrons. The number of H-pyrrole nitrogens is 1. The summed E-state index contributed by atoms with van der Waals surface area (Å²) in [7, 11) is 0. The SMILES string of the molecule is CCN(CC)CCCNC(=S)N(CCCO)Cc1cc2cc(C)ccc2[nH]c1=O. The molecular formula is C22H34N4O2S. The molecule has 0 atom stereocenters. The van der Waals surface area contributed by atoms with Crippen molar-refractivity contribution in [2.24, 2.45) is 0 Å². The van der Waals surface area contributed by atoms with Crippen molar-refractivity contribution < 1.29 is 5.11 Å². The van der Waals surface area contributed by atoms with Crippen LogP contribution < -0.4 is 10.9 Å². The van der Waals surface area contributed by atoms with Crippen molar-refractivity contribution in [3.8, 4) is 0 Å². The standard InChI is InChI=1S/C22H34N4O2S/c1-4-25(5-2)11-6-10-23-22(29)26(12-7-13-27)16-19-15-18-14-17(3)8-9-20(18)24-21(19)28/h8-9,14-15,27H,4-7,10-13,16H2,1-3H3,(H,23,29)(H,24,28). The molecule has 1 aromatic carbocycles. The van der Waals surface area contributed by atoms with Crippen LogP contribution in [0.15, 0.2) is 29.1 Å². The average molecular weight is 419 g/mol. The second-order valence-electron chi connectivity index (χ2n) is 7.33. The number of thiocarbonyl (C=S) groups is 1. The van der Waals surface area contributed by atoms with Gasteiger partial charge in [0.15, 0.2) is 5.11 Å². The highest BCUT2D eigenvalue weighted by molar-refractivity contribution is 7.80. The summed E-state index contributed by atoms with van der Waals surface area (Å²) in [4.78, 5) is 19.9. The zero-order valence-electron chi connectivity index (χ0n) is 17.8. The Morgan fingerprint density at radius 1 is 1.17 bits per heavy atom. The summed E-state index contributed by atoms with van der Waals surface area (Å²) in [6, 6.07) is 7.93. The summed E-state index contributed by atoms with van der Waals surface area (Å²) >= 11 is 5.59. The molecule has 2 rings (SSSR count). The normalized spacial score (nSPS) is 11.2. The number of aryl methyl sites for hydroxylation is 1. The molecule has 0 amide bonds. The lowest BCUT2D eigenvalue weighted by atomic mass is 10.1. The highest BCUT2D eigenvalue weighted by Crippen LogP contribution is 2.14. The maximum atomic E-state index is 12.6. The Kier molecular flexibility index (Phi) is 9.57. The maximum Gasteiger partial charge on any atom is 0.253 e. The van der Waals surface area contributed by atoms with Gasteiger partial charge in [-0.15, -0.1) is 0 Å². The summed E-state index contributed by atoms with van der Waals surface area (Å²) < 4.78 is 0. The molecular weight excluding hydrogens is 384 g/mol. The van der Waals surface area contributed by atoms with Crippen molar-refractivity contribution in [2.45, 2.75) is 40.2 Å². The van der Waals surface area contributed by atoms with Crippen LogP contribution in [0.4, 0.5) is 0 Å². The van der Waals surface area contributed by atoms with E-state index >= 15 is 0 Å². The molecule has 0 fully saturated rings. The van der Waals surface area contributed by atoms with E-state index in [0.29, 0.717) is 30.2 Å². The van der Waals surface area contributed by atoms with Crippen molar-refractivity contribution >= 4 is 28.2 Å². The van der Waals surface area contributed by atoms with Crippen LogP contribution in [0.2, 0.25) is 0 Å². The molecule has 0 saturated carbocycles. The minimum Gasteiger partial charge on any atom is -0.396 e. The summed E-state index contributed by atoms with van der Waals surface area (Å²) in [5.41, 5.74) is 2.56. The van der Waals surface area contributed by atoms with Crippen LogP contribution in [-0.2, 0) is 6.54 Å². The van der Waals surface area contributed by atoms with Gasteiger partial charge in [-0.05, 0) is 75.2 Å². The second-order valence-corrected chi connectivity index (χ2v) is 7.71. The fourth-order valence-electron chi connectivity index (χ4n) is 3.36. The molecule has 0 aliphatic rings. The zero-order chi connectivity index (χ0) is 21.2. The molecule has 1 heterocycles. The molecule has 0 unspecified atom stereocenters. The molecule has 0 radical (unpaired) electrons. The van der Waals surface area contributed by atoms with Crippen LogP contribution in [0.1, 0.15) is 37.8 Å². The van der Waals surface area contributed by atoms with Crippen molar-refractivity contribution in [1.29, 1.82) is 0 Å².